The highest BCUT2D eigenvalue weighted by Gasteiger charge is 2.25. The SMILES string of the molecule is CC(C)(C)c1ccc(-c2cccc(-c3ccccc3N(c3ccccc3-c3ccc(C(C)(C)C)cc3)c3ccc4ccc5c(-n6c7ccccc7c7ccccc76)ccc6ccc3c4c65)c2)cc1. The normalized spacial score (nSPS) is 12.3. The Kier molecular flexibility index (Phi) is 9.67. The van der Waals surface area contributed by atoms with Crippen LogP contribution in [0.4, 0.5) is 17.1 Å². The summed E-state index contributed by atoms with van der Waals surface area (Å²) in [5.41, 5.74) is 16.9. The molecule has 0 amide bonds. The lowest BCUT2D eigenvalue weighted by atomic mass is 9.86. The van der Waals surface area contributed by atoms with Crippen LogP contribution in [-0.2, 0) is 10.8 Å². The van der Waals surface area contributed by atoms with Gasteiger partial charge < -0.3 is 9.47 Å². The molecule has 328 valence electrons. The molecule has 2 nitrogen and oxygen atoms in total. The maximum Gasteiger partial charge on any atom is 0.0541 e. The quantitative estimate of drug-likeness (QED) is 0.145. The molecule has 12 aromatic rings. The van der Waals surface area contributed by atoms with Crippen LogP contribution in [0.2, 0.25) is 0 Å². The molecule has 0 atom stereocenters. The summed E-state index contributed by atoms with van der Waals surface area (Å²) in [6, 6.07) is 81.6. The van der Waals surface area contributed by atoms with Crippen LogP contribution in [0, 0.1) is 0 Å². The van der Waals surface area contributed by atoms with Gasteiger partial charge >= 0.3 is 0 Å². The zero-order valence-electron chi connectivity index (χ0n) is 39.7. The third-order valence-corrected chi connectivity index (χ3v) is 14.3. The van der Waals surface area contributed by atoms with Crippen molar-refractivity contribution in [2.24, 2.45) is 0 Å². The predicted octanol–water partition coefficient (Wildman–Crippen LogP) is 18.7. The Morgan fingerprint density at radius 2 is 0.794 bits per heavy atom. The van der Waals surface area contributed by atoms with E-state index in [-0.39, 0.29) is 10.8 Å². The number of nitrogens with zero attached hydrogens (tertiary/aromatic N) is 2. The Balaban J connectivity index is 1.10. The van der Waals surface area contributed by atoms with Gasteiger partial charge in [-0.05, 0) is 108 Å². The lowest BCUT2D eigenvalue weighted by Crippen LogP contribution is -2.13. The van der Waals surface area contributed by atoms with Crippen molar-refractivity contribution in [2.45, 2.75) is 52.4 Å². The molecule has 0 spiro atoms. The standard InChI is InChI=1S/C66H54N2/c1-65(2,3)49-34-26-43(27-35-49)47-16-15-17-48(42-47)52-19-8-12-23-58(52)67(57-22-11-7-18-51(57)44-28-36-50(37-29-44)66(4,5)6)61-40-32-45-31-39-56-62(41-33-46-30-38-55(61)63(45)64(46)56)68-59-24-13-9-20-53(59)54-21-10-14-25-60(54)68/h7-42H,1-6H3. The van der Waals surface area contributed by atoms with Gasteiger partial charge in [-0.3, -0.25) is 0 Å². The summed E-state index contributed by atoms with van der Waals surface area (Å²) in [6.07, 6.45) is 0. The van der Waals surface area contributed by atoms with Crippen molar-refractivity contribution < 1.29 is 0 Å². The van der Waals surface area contributed by atoms with Crippen molar-refractivity contribution in [3.63, 3.8) is 0 Å². The molecular weight excluding hydrogens is 821 g/mol. The molecule has 68 heavy (non-hydrogen) atoms. The largest absolute Gasteiger partial charge is 0.309 e. The highest BCUT2D eigenvalue weighted by molar-refractivity contribution is 6.28. The predicted molar refractivity (Wildman–Crippen MR) is 293 cm³/mol. The first-order valence-electron chi connectivity index (χ1n) is 24.0. The van der Waals surface area contributed by atoms with E-state index in [1.54, 1.807) is 0 Å². The third-order valence-electron chi connectivity index (χ3n) is 14.3. The van der Waals surface area contributed by atoms with Crippen molar-refractivity contribution in [1.29, 1.82) is 0 Å². The smallest absolute Gasteiger partial charge is 0.0541 e. The van der Waals surface area contributed by atoms with E-state index in [0.29, 0.717) is 0 Å². The van der Waals surface area contributed by atoms with Crippen LogP contribution in [0.3, 0.4) is 0 Å². The molecule has 0 unspecified atom stereocenters. The van der Waals surface area contributed by atoms with Crippen molar-refractivity contribution in [3.8, 4) is 39.1 Å². The van der Waals surface area contributed by atoms with E-state index in [9.17, 15) is 0 Å². The summed E-state index contributed by atoms with van der Waals surface area (Å²) in [6.45, 7) is 13.7. The fourth-order valence-corrected chi connectivity index (χ4v) is 10.7. The molecule has 0 N–H and O–H groups in total. The average molecular weight is 875 g/mol. The summed E-state index contributed by atoms with van der Waals surface area (Å²) >= 11 is 0. The molecule has 1 aromatic heterocycles. The summed E-state index contributed by atoms with van der Waals surface area (Å²) in [4.78, 5) is 2.53. The number of hydrogen-bond donors (Lipinski definition) is 0. The van der Waals surface area contributed by atoms with Gasteiger partial charge in [-0.15, -0.1) is 0 Å². The van der Waals surface area contributed by atoms with Crippen molar-refractivity contribution in [2.75, 3.05) is 4.90 Å². The van der Waals surface area contributed by atoms with Gasteiger partial charge in [0.15, 0.2) is 0 Å². The maximum atomic E-state index is 2.53. The summed E-state index contributed by atoms with van der Waals surface area (Å²) < 4.78 is 2.47. The minimum absolute atomic E-state index is 0.0509. The number of aromatic nitrogens is 1. The second-order valence-corrected chi connectivity index (χ2v) is 20.6. The molecule has 1 heterocycles. The van der Waals surface area contributed by atoms with Crippen LogP contribution in [0.1, 0.15) is 52.7 Å². The van der Waals surface area contributed by atoms with Gasteiger partial charge in [0, 0.05) is 32.7 Å². The van der Waals surface area contributed by atoms with Crippen molar-refractivity contribution in [1.82, 2.24) is 4.57 Å². The van der Waals surface area contributed by atoms with E-state index >= 15 is 0 Å². The minimum Gasteiger partial charge on any atom is -0.309 e. The highest BCUT2D eigenvalue weighted by Crippen LogP contribution is 2.50. The third kappa shape index (κ3) is 6.86. The first-order valence-corrected chi connectivity index (χ1v) is 24.0. The molecule has 0 bridgehead atoms. The molecule has 0 aliphatic rings. The number of para-hydroxylation sites is 4. The van der Waals surface area contributed by atoms with Crippen LogP contribution in [0.5, 0.6) is 0 Å². The summed E-state index contributed by atoms with van der Waals surface area (Å²) in [5, 5.41) is 10.00. The highest BCUT2D eigenvalue weighted by atomic mass is 15.1. The number of benzene rings is 11. The zero-order chi connectivity index (χ0) is 46.3. The molecule has 0 fully saturated rings. The Bertz CT molecular complexity index is 3800. The Labute approximate surface area is 399 Å². The Morgan fingerprint density at radius 3 is 1.40 bits per heavy atom. The van der Waals surface area contributed by atoms with E-state index in [1.165, 1.54) is 98.8 Å². The van der Waals surface area contributed by atoms with Gasteiger partial charge in [0.25, 0.3) is 0 Å². The van der Waals surface area contributed by atoms with Gasteiger partial charge in [0.1, 0.15) is 0 Å². The fraction of sp³-hybridized carbons (Fsp3) is 0.121. The van der Waals surface area contributed by atoms with E-state index in [2.05, 4.69) is 269 Å². The summed E-state index contributed by atoms with van der Waals surface area (Å²) in [5.74, 6) is 0. The first kappa shape index (κ1) is 41.5. The van der Waals surface area contributed by atoms with Crippen LogP contribution in [-0.4, -0.2) is 4.57 Å². The number of rotatable bonds is 7. The van der Waals surface area contributed by atoms with Gasteiger partial charge in [-0.1, -0.05) is 217 Å². The van der Waals surface area contributed by atoms with Crippen LogP contribution >= 0.6 is 0 Å². The molecular formula is C66H54N2. The fourth-order valence-electron chi connectivity index (χ4n) is 10.7. The monoisotopic (exact) mass is 874 g/mol. The van der Waals surface area contributed by atoms with E-state index in [0.717, 1.165) is 22.6 Å². The number of hydrogen-bond acceptors (Lipinski definition) is 1. The van der Waals surface area contributed by atoms with Crippen LogP contribution in [0.15, 0.2) is 218 Å². The number of anilines is 3. The first-order chi connectivity index (χ1) is 33.0. The minimum atomic E-state index is 0.0509. The molecule has 0 aliphatic heterocycles. The van der Waals surface area contributed by atoms with E-state index < -0.39 is 0 Å². The van der Waals surface area contributed by atoms with Crippen LogP contribution in [0.25, 0.3) is 93.2 Å². The van der Waals surface area contributed by atoms with E-state index in [4.69, 9.17) is 0 Å². The molecule has 2 heteroatoms. The summed E-state index contributed by atoms with van der Waals surface area (Å²) in [7, 11) is 0. The second kappa shape index (κ2) is 15.9. The maximum absolute atomic E-state index is 2.53. The number of fused-ring (bicyclic) bond motifs is 3. The molecule has 0 aliphatic carbocycles. The molecule has 0 saturated carbocycles. The van der Waals surface area contributed by atoms with E-state index in [1.807, 2.05) is 0 Å². The molecule has 0 saturated heterocycles. The molecule has 12 rings (SSSR count). The van der Waals surface area contributed by atoms with Gasteiger partial charge in [-0.25, -0.2) is 0 Å². The van der Waals surface area contributed by atoms with Gasteiger partial charge in [-0.2, -0.15) is 0 Å². The van der Waals surface area contributed by atoms with Crippen molar-refractivity contribution in [3.05, 3.63) is 230 Å². The van der Waals surface area contributed by atoms with Gasteiger partial charge in [0.2, 0.25) is 0 Å². The van der Waals surface area contributed by atoms with Crippen molar-refractivity contribution >= 4 is 71.2 Å². The van der Waals surface area contributed by atoms with Gasteiger partial charge in [0.05, 0.1) is 33.8 Å². The topological polar surface area (TPSA) is 8.17 Å². The zero-order valence-corrected chi connectivity index (χ0v) is 39.7. The Morgan fingerprint density at radius 1 is 0.324 bits per heavy atom. The second-order valence-electron chi connectivity index (χ2n) is 20.6. The lowest BCUT2D eigenvalue weighted by Gasteiger charge is -2.31. The van der Waals surface area contributed by atoms with Crippen LogP contribution < -0.4 is 4.90 Å². The Hall–Kier alpha value is -7.94. The average Bonchev–Trinajstić information content (AvgIpc) is 3.70. The molecule has 11 aromatic carbocycles. The molecule has 0 radical (unpaired) electrons. The lowest BCUT2D eigenvalue weighted by molar-refractivity contribution is 0.590.